The highest BCUT2D eigenvalue weighted by Gasteiger charge is 2.22. The first-order chi connectivity index (χ1) is 15.4. The third-order valence-electron chi connectivity index (χ3n) is 5.01. The molecule has 0 unspecified atom stereocenters. The fraction of sp³-hybridized carbons (Fsp3) is 0.125. The van der Waals surface area contributed by atoms with Gasteiger partial charge in [0.15, 0.2) is 5.43 Å². The molecule has 1 aliphatic carbocycles. The van der Waals surface area contributed by atoms with Gasteiger partial charge in [0, 0.05) is 46.5 Å². The number of anilines is 1. The number of hydrogen-bond donors (Lipinski definition) is 3. The summed E-state index contributed by atoms with van der Waals surface area (Å²) in [6.07, 6.45) is 2.22. The van der Waals surface area contributed by atoms with Crippen LogP contribution in [0, 0.1) is 0 Å². The molecule has 2 aliphatic rings. The Morgan fingerprint density at radius 1 is 1.03 bits per heavy atom. The summed E-state index contributed by atoms with van der Waals surface area (Å²) in [5.41, 5.74) is 1.93. The Kier molecular flexibility index (Phi) is 5.87. The zero-order chi connectivity index (χ0) is 22.8. The van der Waals surface area contributed by atoms with Gasteiger partial charge in [0.05, 0.1) is 5.56 Å². The number of carboxylic acids is 1. The standard InChI is InChI=1S/C24H19NO6S/c1-32-9-8-22(28)25-13-2-5-16(19(10-13)24(29)30)23-17-6-3-14(26)11-20(17)31-21-12-15(27)4-7-18(21)23/h2-7,10-12,26H,8-9H2,1H3,(H,25,28)(H,29,30). The maximum absolute atomic E-state index is 12.2. The van der Waals surface area contributed by atoms with E-state index >= 15 is 0 Å². The summed E-state index contributed by atoms with van der Waals surface area (Å²) >= 11 is 1.55. The molecular formula is C24H19NO6S. The van der Waals surface area contributed by atoms with E-state index in [0.717, 1.165) is 0 Å². The minimum Gasteiger partial charge on any atom is -0.508 e. The SMILES string of the molecule is CSCCC(=O)Nc1ccc(-c2c3ccc(=O)cc-3oc3cc(O)ccc23)c(C(=O)O)c1. The second kappa shape index (κ2) is 8.76. The van der Waals surface area contributed by atoms with Crippen LogP contribution in [0.15, 0.2) is 63.8 Å². The van der Waals surface area contributed by atoms with E-state index in [4.69, 9.17) is 4.42 Å². The summed E-state index contributed by atoms with van der Waals surface area (Å²) in [5, 5.41) is 23.1. The second-order valence-electron chi connectivity index (χ2n) is 7.17. The Bertz CT molecular complexity index is 1380. The quantitative estimate of drug-likeness (QED) is 0.367. The third kappa shape index (κ3) is 4.17. The molecule has 32 heavy (non-hydrogen) atoms. The van der Waals surface area contributed by atoms with E-state index in [9.17, 15) is 24.6 Å². The monoisotopic (exact) mass is 449 g/mol. The number of nitrogens with one attached hydrogen (secondary N) is 1. The van der Waals surface area contributed by atoms with Crippen LogP contribution in [-0.2, 0) is 4.79 Å². The number of phenolic OH excluding ortho intramolecular Hbond substituents is 1. The number of fused-ring (bicyclic) bond motifs is 2. The van der Waals surface area contributed by atoms with Crippen LogP contribution in [0.2, 0.25) is 0 Å². The van der Waals surface area contributed by atoms with Crippen molar-refractivity contribution in [1.29, 1.82) is 0 Å². The van der Waals surface area contributed by atoms with Crippen molar-refractivity contribution < 1.29 is 24.2 Å². The summed E-state index contributed by atoms with van der Waals surface area (Å²) < 4.78 is 5.82. The first kappa shape index (κ1) is 21.5. The van der Waals surface area contributed by atoms with Gasteiger partial charge in [-0.1, -0.05) is 6.07 Å². The van der Waals surface area contributed by atoms with Crippen molar-refractivity contribution in [2.24, 2.45) is 0 Å². The van der Waals surface area contributed by atoms with Crippen molar-refractivity contribution in [3.8, 4) is 28.2 Å². The lowest BCUT2D eigenvalue weighted by Crippen LogP contribution is -2.13. The third-order valence-corrected chi connectivity index (χ3v) is 5.63. The molecule has 0 fully saturated rings. The lowest BCUT2D eigenvalue weighted by molar-refractivity contribution is -0.115. The van der Waals surface area contributed by atoms with Gasteiger partial charge in [0.1, 0.15) is 17.1 Å². The van der Waals surface area contributed by atoms with Gasteiger partial charge in [-0.05, 0) is 48.2 Å². The van der Waals surface area contributed by atoms with E-state index in [0.29, 0.717) is 45.5 Å². The minimum absolute atomic E-state index is 0.0132. The fourth-order valence-corrected chi connectivity index (χ4v) is 3.97. The van der Waals surface area contributed by atoms with E-state index < -0.39 is 5.97 Å². The van der Waals surface area contributed by atoms with Crippen molar-refractivity contribution in [3.63, 3.8) is 0 Å². The molecule has 0 radical (unpaired) electrons. The zero-order valence-electron chi connectivity index (χ0n) is 17.0. The smallest absolute Gasteiger partial charge is 0.336 e. The van der Waals surface area contributed by atoms with Crippen molar-refractivity contribution in [1.82, 2.24) is 0 Å². The summed E-state index contributed by atoms with van der Waals surface area (Å²) in [6, 6.07) is 13.5. The predicted octanol–water partition coefficient (Wildman–Crippen LogP) is 4.66. The number of rotatable bonds is 6. The van der Waals surface area contributed by atoms with E-state index in [1.807, 2.05) is 6.26 Å². The molecule has 1 heterocycles. The van der Waals surface area contributed by atoms with Crippen LogP contribution in [0.25, 0.3) is 33.4 Å². The van der Waals surface area contributed by atoms with Crippen LogP contribution in [-0.4, -0.2) is 34.1 Å². The number of benzene rings is 3. The molecule has 0 atom stereocenters. The molecule has 0 bridgehead atoms. The average Bonchev–Trinajstić information content (AvgIpc) is 2.76. The molecule has 3 N–H and O–H groups in total. The molecule has 7 nitrogen and oxygen atoms in total. The lowest BCUT2D eigenvalue weighted by Gasteiger charge is -2.17. The number of carbonyl (C=O) groups is 2. The van der Waals surface area contributed by atoms with Gasteiger partial charge in [0.25, 0.3) is 0 Å². The molecule has 0 saturated heterocycles. The van der Waals surface area contributed by atoms with Gasteiger partial charge < -0.3 is 19.9 Å². The Morgan fingerprint density at radius 2 is 1.81 bits per heavy atom. The molecule has 0 aromatic heterocycles. The van der Waals surface area contributed by atoms with E-state index in [-0.39, 0.29) is 28.4 Å². The molecule has 0 saturated carbocycles. The Balaban J connectivity index is 1.94. The molecule has 4 rings (SSSR count). The van der Waals surface area contributed by atoms with Crippen LogP contribution >= 0.6 is 11.8 Å². The predicted molar refractivity (Wildman–Crippen MR) is 125 cm³/mol. The second-order valence-corrected chi connectivity index (χ2v) is 8.16. The zero-order valence-corrected chi connectivity index (χ0v) is 17.9. The largest absolute Gasteiger partial charge is 0.508 e. The number of aromatic carboxylic acids is 1. The van der Waals surface area contributed by atoms with Crippen molar-refractivity contribution in [2.45, 2.75) is 6.42 Å². The van der Waals surface area contributed by atoms with Gasteiger partial charge in [-0.25, -0.2) is 4.79 Å². The number of phenols is 1. The number of thioether (sulfide) groups is 1. The highest BCUT2D eigenvalue weighted by atomic mass is 32.2. The normalized spacial score (nSPS) is 11.0. The van der Waals surface area contributed by atoms with Gasteiger partial charge in [-0.2, -0.15) is 11.8 Å². The van der Waals surface area contributed by atoms with Crippen LogP contribution < -0.4 is 10.7 Å². The van der Waals surface area contributed by atoms with Crippen molar-refractivity contribution in [3.05, 3.63) is 70.4 Å². The highest BCUT2D eigenvalue weighted by molar-refractivity contribution is 7.98. The van der Waals surface area contributed by atoms with Crippen LogP contribution in [0.3, 0.4) is 0 Å². The van der Waals surface area contributed by atoms with E-state index in [1.54, 1.807) is 36.0 Å². The summed E-state index contributed by atoms with van der Waals surface area (Å²) in [5.74, 6) is -0.448. The molecule has 0 spiro atoms. The van der Waals surface area contributed by atoms with Gasteiger partial charge >= 0.3 is 5.97 Å². The highest BCUT2D eigenvalue weighted by Crippen LogP contribution is 2.42. The van der Waals surface area contributed by atoms with Crippen molar-refractivity contribution in [2.75, 3.05) is 17.3 Å². The summed E-state index contributed by atoms with van der Waals surface area (Å²) in [4.78, 5) is 36.1. The van der Waals surface area contributed by atoms with E-state index in [2.05, 4.69) is 5.32 Å². The van der Waals surface area contributed by atoms with Gasteiger partial charge in [-0.3, -0.25) is 9.59 Å². The molecule has 2 aromatic carbocycles. The number of hydrogen-bond acceptors (Lipinski definition) is 6. The molecule has 2 aromatic rings. The summed E-state index contributed by atoms with van der Waals surface area (Å²) in [7, 11) is 0. The molecular weight excluding hydrogens is 430 g/mol. The van der Waals surface area contributed by atoms with Gasteiger partial charge in [0.2, 0.25) is 5.91 Å². The Labute approximate surface area is 187 Å². The summed E-state index contributed by atoms with van der Waals surface area (Å²) in [6.45, 7) is 0. The molecule has 1 aliphatic heterocycles. The van der Waals surface area contributed by atoms with Gasteiger partial charge in [-0.15, -0.1) is 0 Å². The minimum atomic E-state index is -1.17. The number of aromatic hydroxyl groups is 1. The molecule has 1 amide bonds. The average molecular weight is 449 g/mol. The maximum atomic E-state index is 12.2. The Hall–Kier alpha value is -3.78. The maximum Gasteiger partial charge on any atom is 0.336 e. The van der Waals surface area contributed by atoms with Crippen LogP contribution in [0.5, 0.6) is 5.75 Å². The molecule has 162 valence electrons. The van der Waals surface area contributed by atoms with E-state index in [1.165, 1.54) is 30.3 Å². The Morgan fingerprint density at radius 3 is 2.56 bits per heavy atom. The first-order valence-electron chi connectivity index (χ1n) is 9.73. The fourth-order valence-electron chi connectivity index (χ4n) is 3.58. The number of carboxylic acid groups (broad SMARTS) is 1. The van der Waals surface area contributed by atoms with Crippen LogP contribution in [0.4, 0.5) is 5.69 Å². The topological polar surface area (TPSA) is 117 Å². The first-order valence-corrected chi connectivity index (χ1v) is 11.1. The molecule has 8 heteroatoms. The number of carbonyl (C=O) groups excluding carboxylic acids is 1. The van der Waals surface area contributed by atoms with Crippen molar-refractivity contribution >= 4 is 40.3 Å². The number of amides is 1. The lowest BCUT2D eigenvalue weighted by atomic mass is 9.90. The van der Waals surface area contributed by atoms with Crippen LogP contribution in [0.1, 0.15) is 16.8 Å².